The Morgan fingerprint density at radius 3 is 1.65 bits per heavy atom. The Labute approximate surface area is 429 Å². The monoisotopic (exact) mass is 991 g/mol. The van der Waals surface area contributed by atoms with E-state index in [2.05, 4.69) is 130 Å². The number of unbranched alkanes of at least 4 members (excludes halogenated alkanes) is 10. The number of likely N-dealkylation sites (N-methyl/N-ethyl adjacent to an activating group) is 2. The lowest BCUT2D eigenvalue weighted by molar-refractivity contribution is -0.133. The fourth-order valence-electron chi connectivity index (χ4n) is 10.2. The van der Waals surface area contributed by atoms with Crippen LogP contribution in [0.4, 0.5) is 17.1 Å². The molecule has 1 aliphatic carbocycles. The molecule has 1 fully saturated rings. The second-order valence-electron chi connectivity index (χ2n) is 18.9. The Hall–Kier alpha value is -4.93. The first-order valence-corrected chi connectivity index (χ1v) is 28.4. The maximum absolute atomic E-state index is 13.2. The van der Waals surface area contributed by atoms with E-state index < -0.39 is 0 Å². The number of hydrogen-bond donors (Lipinski definition) is 0. The maximum atomic E-state index is 13.2. The van der Waals surface area contributed by atoms with Crippen molar-refractivity contribution >= 4 is 98.4 Å². The van der Waals surface area contributed by atoms with Gasteiger partial charge in [-0.3, -0.25) is 19.4 Å². The number of thiophene rings is 3. The van der Waals surface area contributed by atoms with E-state index in [1.807, 2.05) is 48.7 Å². The predicted molar refractivity (Wildman–Crippen MR) is 303 cm³/mol. The van der Waals surface area contributed by atoms with E-state index in [-0.39, 0.29) is 27.9 Å². The van der Waals surface area contributed by atoms with Gasteiger partial charge in [-0.2, -0.15) is 0 Å². The Morgan fingerprint density at radius 1 is 0.565 bits per heavy atom. The molecule has 5 nitrogen and oxygen atoms in total. The molecule has 3 aromatic heterocycles. The first-order chi connectivity index (χ1) is 33.6. The lowest BCUT2D eigenvalue weighted by Gasteiger charge is -2.35. The molecule has 1 aliphatic heterocycles. The molecule has 69 heavy (non-hydrogen) atoms. The number of carbonyl (C=O) groups excluding carboxylic acids is 2. The molecular weight excluding hydrogens is 923 g/mol. The Kier molecular flexibility index (Phi) is 17.1. The first kappa shape index (κ1) is 50.5. The quantitative estimate of drug-likeness (QED) is 0.0278. The van der Waals surface area contributed by atoms with Crippen molar-refractivity contribution in [3.05, 3.63) is 140 Å². The minimum absolute atomic E-state index is 0.120. The molecular formula is C60H69N3O2S4. The van der Waals surface area contributed by atoms with Gasteiger partial charge in [0.2, 0.25) is 0 Å². The smallest absolute Gasteiger partial charge is 0.265 e. The Balaban J connectivity index is 1.03. The number of aryl methyl sites for hydroxylation is 2. The van der Waals surface area contributed by atoms with Gasteiger partial charge in [0, 0.05) is 64.8 Å². The van der Waals surface area contributed by atoms with Gasteiger partial charge in [-0.15, -0.1) is 34.0 Å². The molecule has 0 N–H and O–H groups in total. The van der Waals surface area contributed by atoms with Crippen LogP contribution in [-0.4, -0.2) is 39.8 Å². The summed E-state index contributed by atoms with van der Waals surface area (Å²) in [7, 11) is 0. The molecule has 0 spiro atoms. The molecule has 4 heterocycles. The van der Waals surface area contributed by atoms with E-state index in [0.29, 0.717) is 13.1 Å². The number of amides is 2. The molecule has 9 heteroatoms. The lowest BCUT2D eigenvalue weighted by Crippen LogP contribution is -2.55. The molecule has 0 bridgehead atoms. The standard InChI is InChI=1S/C60H69N3O2S4/c1-7-11-13-15-17-19-37-60(38-20-18-16-14-12-8-2)52-39-43(6)67-55(52)56-53(60)41-54(69-56)45-26-32-48(33-27-45)63(46-28-21-42(5)22-29-46)47-30-23-44(24-31-47)25-34-49-35-36-50(68-49)40-51-57(64)61(9-3)59(66)62(10-4)58(51)65/h21-36,39-41H,7-20,37-38H2,1-6H3/b34-25+. The van der Waals surface area contributed by atoms with Crippen molar-refractivity contribution in [3.8, 4) is 20.2 Å². The third-order valence-corrected chi connectivity index (χ3v) is 17.8. The van der Waals surface area contributed by atoms with Crippen molar-refractivity contribution < 1.29 is 9.59 Å². The van der Waals surface area contributed by atoms with E-state index in [9.17, 15) is 9.59 Å². The molecule has 0 atom stereocenters. The van der Waals surface area contributed by atoms with Gasteiger partial charge < -0.3 is 4.90 Å². The lowest BCUT2D eigenvalue weighted by atomic mass is 9.71. The van der Waals surface area contributed by atoms with Crippen molar-refractivity contribution in [1.29, 1.82) is 0 Å². The minimum atomic E-state index is -0.338. The van der Waals surface area contributed by atoms with E-state index in [1.165, 1.54) is 130 Å². The highest BCUT2D eigenvalue weighted by molar-refractivity contribution is 7.80. The summed E-state index contributed by atoms with van der Waals surface area (Å²) in [5, 5.41) is 0.274. The van der Waals surface area contributed by atoms with Crippen LogP contribution in [-0.2, 0) is 15.0 Å². The number of anilines is 3. The van der Waals surface area contributed by atoms with E-state index in [1.54, 1.807) is 28.5 Å². The number of benzene rings is 3. The van der Waals surface area contributed by atoms with Crippen molar-refractivity contribution in [2.75, 3.05) is 18.0 Å². The molecule has 0 radical (unpaired) electrons. The zero-order valence-electron chi connectivity index (χ0n) is 41.6. The van der Waals surface area contributed by atoms with Crippen LogP contribution in [0.1, 0.15) is 154 Å². The summed E-state index contributed by atoms with van der Waals surface area (Å²) in [5.74, 6) is -0.675. The highest BCUT2D eigenvalue weighted by Gasteiger charge is 2.45. The fraction of sp³-hybridized carbons (Fsp3) is 0.383. The number of carbonyl (C=O) groups is 2. The van der Waals surface area contributed by atoms with Gasteiger partial charge in [0.15, 0.2) is 5.11 Å². The molecule has 360 valence electrons. The van der Waals surface area contributed by atoms with Crippen LogP contribution in [0.2, 0.25) is 0 Å². The third-order valence-electron chi connectivity index (χ3n) is 14.0. The summed E-state index contributed by atoms with van der Waals surface area (Å²) >= 11 is 11.0. The van der Waals surface area contributed by atoms with Gasteiger partial charge in [0.05, 0.1) is 0 Å². The number of fused-ring (bicyclic) bond motifs is 3. The summed E-state index contributed by atoms with van der Waals surface area (Å²) in [4.78, 5) is 39.5. The predicted octanol–water partition coefficient (Wildman–Crippen LogP) is 17.9. The van der Waals surface area contributed by atoms with Crippen molar-refractivity contribution in [2.45, 2.75) is 137 Å². The minimum Gasteiger partial charge on any atom is -0.311 e. The van der Waals surface area contributed by atoms with E-state index in [4.69, 9.17) is 12.2 Å². The topological polar surface area (TPSA) is 43.9 Å². The Morgan fingerprint density at radius 2 is 1.07 bits per heavy atom. The summed E-state index contributed by atoms with van der Waals surface area (Å²) in [6.07, 6.45) is 24.4. The molecule has 2 aliphatic rings. The maximum Gasteiger partial charge on any atom is 0.265 e. The summed E-state index contributed by atoms with van der Waals surface area (Å²) < 4.78 is 0. The van der Waals surface area contributed by atoms with Gasteiger partial charge in [0.25, 0.3) is 11.8 Å². The van der Waals surface area contributed by atoms with Gasteiger partial charge in [-0.1, -0.05) is 139 Å². The van der Waals surface area contributed by atoms with E-state index in [0.717, 1.165) is 32.4 Å². The van der Waals surface area contributed by atoms with Crippen LogP contribution in [0.25, 0.3) is 38.4 Å². The summed E-state index contributed by atoms with van der Waals surface area (Å²) in [5.41, 5.74) is 10.4. The van der Waals surface area contributed by atoms with Crippen LogP contribution in [0.5, 0.6) is 0 Å². The normalized spacial score (nSPS) is 14.3. The van der Waals surface area contributed by atoms with Crippen molar-refractivity contribution in [1.82, 2.24) is 9.80 Å². The average molecular weight is 992 g/mol. The third kappa shape index (κ3) is 11.2. The largest absolute Gasteiger partial charge is 0.311 e. The number of hydrogen-bond acceptors (Lipinski definition) is 7. The molecule has 6 aromatic rings. The van der Waals surface area contributed by atoms with Crippen molar-refractivity contribution in [2.24, 2.45) is 0 Å². The van der Waals surface area contributed by atoms with Crippen LogP contribution in [0, 0.1) is 13.8 Å². The van der Waals surface area contributed by atoms with Gasteiger partial charge in [-0.25, -0.2) is 0 Å². The SMILES string of the molecule is CCCCCCCCC1(CCCCCCCC)c2cc(C)sc2-c2sc(-c3ccc(N(c4ccc(C)cc4)c4ccc(/C=C/c5ccc(C=C6C(=O)N(CC)C(=S)N(CC)C6=O)s5)cc4)cc3)cc21. The zero-order valence-corrected chi connectivity index (χ0v) is 44.8. The highest BCUT2D eigenvalue weighted by atomic mass is 32.1. The second kappa shape index (κ2) is 23.3. The summed E-state index contributed by atoms with van der Waals surface area (Å²) in [6.45, 7) is 13.6. The highest BCUT2D eigenvalue weighted by Crippen LogP contribution is 2.60. The molecule has 0 saturated carbocycles. The average Bonchev–Trinajstić information content (AvgIpc) is 4.15. The molecule has 8 rings (SSSR count). The zero-order chi connectivity index (χ0) is 48.5. The first-order valence-electron chi connectivity index (χ1n) is 25.6. The molecule has 0 unspecified atom stereocenters. The molecule has 2 amide bonds. The van der Waals surface area contributed by atoms with Gasteiger partial charge >= 0.3 is 0 Å². The summed E-state index contributed by atoms with van der Waals surface area (Å²) in [6, 6.07) is 35.9. The van der Waals surface area contributed by atoms with Crippen LogP contribution in [0.3, 0.4) is 0 Å². The second-order valence-corrected chi connectivity index (χ2v) is 22.7. The number of rotatable bonds is 23. The number of thiocarbonyl (C=S) groups is 1. The fourth-order valence-corrected chi connectivity index (χ4v) is 14.0. The van der Waals surface area contributed by atoms with Gasteiger partial charge in [-0.05, 0) is 148 Å². The van der Waals surface area contributed by atoms with Crippen molar-refractivity contribution in [3.63, 3.8) is 0 Å². The van der Waals surface area contributed by atoms with Gasteiger partial charge in [0.1, 0.15) is 5.57 Å². The molecule has 1 saturated heterocycles. The number of nitrogens with zero attached hydrogens (tertiary/aromatic N) is 3. The van der Waals surface area contributed by atoms with Crippen LogP contribution >= 0.6 is 46.2 Å². The van der Waals surface area contributed by atoms with E-state index >= 15 is 0 Å². The van der Waals surface area contributed by atoms with Crippen LogP contribution < -0.4 is 4.90 Å². The Bertz CT molecular complexity index is 2730. The van der Waals surface area contributed by atoms with Crippen LogP contribution in [0.15, 0.2) is 103 Å². The molecule has 3 aromatic carbocycles.